The summed E-state index contributed by atoms with van der Waals surface area (Å²) in [5.41, 5.74) is 15.0. The molecule has 45 heavy (non-hydrogen) atoms. The number of benzene rings is 1. The highest BCUT2D eigenvalue weighted by atomic mass is 14.6. The van der Waals surface area contributed by atoms with E-state index >= 15 is 0 Å². The van der Waals surface area contributed by atoms with Gasteiger partial charge in [0, 0.05) is 5.41 Å². The standard InChI is InChI=1S/C44H45N/c1-5-7-9-13-25-37-26-19-21-32-41(37)44(36(4)24-12-8-6-2)34-22-23-35(3)40-31-20-18-30-39(29-16-11-17-33-42(40)44)43(45)38-27-14-10-15-28-38/h5-14,16-27,29-33,43H,1,3-4,15,28,34,45H2,2H3/b8-6-,9-7-,16-11+,17-11?,20-18?,24-12-,25-13-,29-16?,30-18-,31-20-,33-17+,39-29+,39-30?,40-31?,42-33?. The molecule has 3 aliphatic carbocycles. The Morgan fingerprint density at radius 3 is 2.49 bits per heavy atom. The smallest absolute Gasteiger partial charge is 0.0514 e. The molecule has 1 nitrogen and oxygen atoms in total. The monoisotopic (exact) mass is 587 g/mol. The van der Waals surface area contributed by atoms with Gasteiger partial charge in [-0.3, -0.25) is 0 Å². The molecule has 0 heterocycles. The van der Waals surface area contributed by atoms with Crippen LogP contribution in [0.25, 0.3) is 6.08 Å². The molecule has 226 valence electrons. The summed E-state index contributed by atoms with van der Waals surface area (Å²) in [6.07, 6.45) is 50.9. The van der Waals surface area contributed by atoms with E-state index < -0.39 is 5.41 Å². The lowest BCUT2D eigenvalue weighted by molar-refractivity contribution is 0.625. The molecular formula is C44H45N. The van der Waals surface area contributed by atoms with Crippen molar-refractivity contribution < 1.29 is 0 Å². The van der Waals surface area contributed by atoms with Crippen molar-refractivity contribution in [2.75, 3.05) is 0 Å². The van der Waals surface area contributed by atoms with Crippen LogP contribution in [0.3, 0.4) is 0 Å². The zero-order valence-corrected chi connectivity index (χ0v) is 26.5. The Morgan fingerprint density at radius 2 is 1.69 bits per heavy atom. The molecule has 0 bridgehead atoms. The fraction of sp³-hybridized carbons (Fsp3) is 0.136. The average molecular weight is 588 g/mol. The molecule has 0 amide bonds. The lowest BCUT2D eigenvalue weighted by Gasteiger charge is -2.38. The van der Waals surface area contributed by atoms with Crippen molar-refractivity contribution in [2.24, 2.45) is 5.73 Å². The zero-order valence-electron chi connectivity index (χ0n) is 26.5. The second kappa shape index (κ2) is 16.8. The quantitative estimate of drug-likeness (QED) is 0.286. The fourth-order valence-corrected chi connectivity index (χ4v) is 5.96. The van der Waals surface area contributed by atoms with Crippen LogP contribution in [0.4, 0.5) is 0 Å². The maximum atomic E-state index is 6.74. The summed E-state index contributed by atoms with van der Waals surface area (Å²) in [4.78, 5) is 0. The third-order valence-electron chi connectivity index (χ3n) is 8.28. The third-order valence-corrected chi connectivity index (χ3v) is 8.28. The first-order chi connectivity index (χ1) is 22.0. The van der Waals surface area contributed by atoms with Crippen molar-refractivity contribution in [1.29, 1.82) is 0 Å². The van der Waals surface area contributed by atoms with E-state index in [1.165, 1.54) is 11.1 Å². The molecule has 0 saturated heterocycles. The first-order valence-corrected chi connectivity index (χ1v) is 15.7. The minimum atomic E-state index is -0.556. The summed E-state index contributed by atoms with van der Waals surface area (Å²) in [5.74, 6) is 0. The summed E-state index contributed by atoms with van der Waals surface area (Å²) >= 11 is 0. The lowest BCUT2D eigenvalue weighted by atomic mass is 9.64. The Bertz CT molecular complexity index is 1670. The predicted molar refractivity (Wildman–Crippen MR) is 199 cm³/mol. The van der Waals surface area contributed by atoms with Crippen LogP contribution >= 0.6 is 0 Å². The first kappa shape index (κ1) is 32.9. The van der Waals surface area contributed by atoms with Crippen LogP contribution in [0, 0.1) is 0 Å². The van der Waals surface area contributed by atoms with Gasteiger partial charge < -0.3 is 5.73 Å². The molecule has 2 unspecified atom stereocenters. The SMILES string of the molecule is C=C/C=C\C=C/c1ccccc1C1(C(=C)/C=C\C=C/C)CC=CC(=C)C2=C1/C=C/C=C/C=C(C(N)C1=CC=CCC1)\C=C/C=C\2. The molecule has 0 radical (unpaired) electrons. The van der Waals surface area contributed by atoms with E-state index in [-0.39, 0.29) is 6.04 Å². The number of nitrogens with two attached hydrogens (primary N) is 1. The molecule has 2 atom stereocenters. The average Bonchev–Trinajstić information content (AvgIpc) is 3.19. The van der Waals surface area contributed by atoms with Gasteiger partial charge in [0.1, 0.15) is 0 Å². The van der Waals surface area contributed by atoms with Crippen LogP contribution in [0.15, 0.2) is 211 Å². The Kier molecular flexibility index (Phi) is 12.3. The van der Waals surface area contributed by atoms with Crippen LogP contribution in [-0.4, -0.2) is 6.04 Å². The molecule has 0 fully saturated rings. The summed E-state index contributed by atoms with van der Waals surface area (Å²) in [6.45, 7) is 15.0. The highest BCUT2D eigenvalue weighted by molar-refractivity contribution is 5.69. The van der Waals surface area contributed by atoms with E-state index in [2.05, 4.69) is 147 Å². The maximum Gasteiger partial charge on any atom is 0.0514 e. The van der Waals surface area contributed by atoms with Gasteiger partial charge in [-0.15, -0.1) is 0 Å². The third kappa shape index (κ3) is 8.15. The minimum absolute atomic E-state index is 0.146. The Labute approximate surface area is 271 Å². The van der Waals surface area contributed by atoms with Crippen LogP contribution in [0.2, 0.25) is 0 Å². The Balaban J connectivity index is 1.92. The van der Waals surface area contributed by atoms with Crippen molar-refractivity contribution >= 4 is 6.08 Å². The van der Waals surface area contributed by atoms with Crippen LogP contribution in [0.5, 0.6) is 0 Å². The number of allylic oxidation sites excluding steroid dienone is 25. The number of rotatable bonds is 9. The largest absolute Gasteiger partial charge is 0.321 e. The van der Waals surface area contributed by atoms with Crippen LogP contribution in [0.1, 0.15) is 37.3 Å². The maximum absolute atomic E-state index is 6.74. The molecule has 4 rings (SSSR count). The number of hydrogen-bond acceptors (Lipinski definition) is 1. The van der Waals surface area contributed by atoms with Crippen molar-refractivity contribution in [1.82, 2.24) is 0 Å². The van der Waals surface area contributed by atoms with Crippen LogP contribution < -0.4 is 5.73 Å². The summed E-state index contributed by atoms with van der Waals surface area (Å²) in [5, 5.41) is 0. The van der Waals surface area contributed by atoms with Gasteiger partial charge in [-0.2, -0.15) is 0 Å². The summed E-state index contributed by atoms with van der Waals surface area (Å²) < 4.78 is 0. The second-order valence-corrected chi connectivity index (χ2v) is 11.2. The molecule has 1 heteroatoms. The molecule has 0 aromatic heterocycles. The van der Waals surface area contributed by atoms with E-state index in [0.717, 1.165) is 52.7 Å². The van der Waals surface area contributed by atoms with Gasteiger partial charge >= 0.3 is 0 Å². The van der Waals surface area contributed by atoms with Crippen LogP contribution in [-0.2, 0) is 5.41 Å². The minimum Gasteiger partial charge on any atom is -0.321 e. The predicted octanol–water partition coefficient (Wildman–Crippen LogP) is 10.9. The van der Waals surface area contributed by atoms with Gasteiger partial charge in [0.2, 0.25) is 0 Å². The van der Waals surface area contributed by atoms with E-state index in [0.29, 0.717) is 0 Å². The van der Waals surface area contributed by atoms with E-state index in [1.807, 2.05) is 31.2 Å². The number of hydrogen-bond donors (Lipinski definition) is 1. The first-order valence-electron chi connectivity index (χ1n) is 15.7. The molecular weight excluding hydrogens is 542 g/mol. The van der Waals surface area contributed by atoms with Gasteiger partial charge in [0.05, 0.1) is 6.04 Å². The van der Waals surface area contributed by atoms with Gasteiger partial charge in [-0.25, -0.2) is 0 Å². The van der Waals surface area contributed by atoms with Gasteiger partial charge in [0.15, 0.2) is 0 Å². The molecule has 1 aromatic rings. The van der Waals surface area contributed by atoms with Crippen molar-refractivity contribution in [3.63, 3.8) is 0 Å². The molecule has 1 aromatic carbocycles. The summed E-state index contributed by atoms with van der Waals surface area (Å²) in [6, 6.07) is 8.46. The summed E-state index contributed by atoms with van der Waals surface area (Å²) in [7, 11) is 0. The lowest BCUT2D eigenvalue weighted by Crippen LogP contribution is -2.31. The fourth-order valence-electron chi connectivity index (χ4n) is 5.96. The van der Waals surface area contributed by atoms with Gasteiger partial charge in [-0.1, -0.05) is 184 Å². The highest BCUT2D eigenvalue weighted by Gasteiger charge is 2.40. The molecule has 0 saturated carbocycles. The second-order valence-electron chi connectivity index (χ2n) is 11.2. The van der Waals surface area contributed by atoms with Gasteiger partial charge in [-0.05, 0) is 70.8 Å². The molecule has 2 N–H and O–H groups in total. The Morgan fingerprint density at radius 1 is 0.867 bits per heavy atom. The molecule has 3 aliphatic rings. The van der Waals surface area contributed by atoms with Crippen molar-refractivity contribution in [2.45, 2.75) is 37.6 Å². The normalized spacial score (nSPS) is 25.2. The van der Waals surface area contributed by atoms with Gasteiger partial charge in [0.25, 0.3) is 0 Å². The Hall–Kier alpha value is -4.98. The highest BCUT2D eigenvalue weighted by Crippen LogP contribution is 2.49. The molecule has 0 aliphatic heterocycles. The van der Waals surface area contributed by atoms with E-state index in [4.69, 9.17) is 12.3 Å². The van der Waals surface area contributed by atoms with E-state index in [1.54, 1.807) is 6.08 Å². The van der Waals surface area contributed by atoms with Crippen molar-refractivity contribution in [3.8, 4) is 0 Å². The molecule has 0 spiro atoms. The van der Waals surface area contributed by atoms with Crippen molar-refractivity contribution in [3.05, 3.63) is 222 Å². The topological polar surface area (TPSA) is 26.0 Å². The van der Waals surface area contributed by atoms with E-state index in [9.17, 15) is 0 Å². The zero-order chi connectivity index (χ0) is 31.9.